The van der Waals surface area contributed by atoms with Crippen molar-refractivity contribution in [1.82, 2.24) is 14.5 Å². The third-order valence-corrected chi connectivity index (χ3v) is 5.26. The van der Waals surface area contributed by atoms with Gasteiger partial charge in [0.05, 0.1) is 5.69 Å². The molecule has 3 aromatic rings. The second-order valence-electron chi connectivity index (χ2n) is 7.85. The average Bonchev–Trinajstić information content (AvgIpc) is 3.55. The van der Waals surface area contributed by atoms with E-state index in [4.69, 9.17) is 0 Å². The van der Waals surface area contributed by atoms with Gasteiger partial charge in [0.1, 0.15) is 6.54 Å². The number of nitrogens with zero attached hydrogens (tertiary/aromatic N) is 3. The maximum atomic E-state index is 12.8. The molecule has 0 radical (unpaired) electrons. The minimum atomic E-state index is -0.283. The van der Waals surface area contributed by atoms with E-state index in [9.17, 15) is 9.59 Å². The van der Waals surface area contributed by atoms with Crippen molar-refractivity contribution in [2.75, 3.05) is 18.4 Å². The fourth-order valence-electron chi connectivity index (χ4n) is 3.43. The summed E-state index contributed by atoms with van der Waals surface area (Å²) in [7, 11) is 0. The van der Waals surface area contributed by atoms with Crippen molar-refractivity contribution in [3.63, 3.8) is 0 Å². The van der Waals surface area contributed by atoms with Crippen LogP contribution in [0.1, 0.15) is 18.4 Å². The first-order valence-electron chi connectivity index (χ1n) is 10.5. The second kappa shape index (κ2) is 9.00. The Balaban J connectivity index is 1.60. The molecule has 0 bridgehead atoms. The number of benzene rings is 2. The van der Waals surface area contributed by atoms with Crippen LogP contribution in [-0.2, 0) is 9.59 Å². The van der Waals surface area contributed by atoms with Crippen molar-refractivity contribution < 1.29 is 9.59 Å². The number of hydrogen-bond donors (Lipinski definition) is 1. The molecule has 0 atom stereocenters. The van der Waals surface area contributed by atoms with Gasteiger partial charge in [-0.15, -0.1) is 6.58 Å². The fraction of sp³-hybridized carbons (Fsp3) is 0.240. The highest BCUT2D eigenvalue weighted by Crippen LogP contribution is 2.31. The highest BCUT2D eigenvalue weighted by atomic mass is 16.2. The highest BCUT2D eigenvalue weighted by Gasteiger charge is 2.33. The Kier molecular flexibility index (Phi) is 5.98. The molecule has 4 rings (SSSR count). The highest BCUT2D eigenvalue weighted by molar-refractivity contribution is 5.94. The van der Waals surface area contributed by atoms with Gasteiger partial charge in [-0.25, -0.2) is 4.98 Å². The molecule has 0 unspecified atom stereocenters. The zero-order valence-corrected chi connectivity index (χ0v) is 17.6. The Bertz CT molecular complexity index is 1080. The number of carbonyl (C=O) groups excluding carboxylic acids is 2. The number of nitrogens with one attached hydrogen (secondary N) is 1. The minimum Gasteiger partial charge on any atom is -0.329 e. The van der Waals surface area contributed by atoms with Crippen LogP contribution in [0.2, 0.25) is 0 Å². The lowest BCUT2D eigenvalue weighted by molar-refractivity contribution is -0.135. The lowest BCUT2D eigenvalue weighted by Gasteiger charge is -2.20. The average molecular weight is 415 g/mol. The first kappa shape index (κ1) is 20.6. The Morgan fingerprint density at radius 1 is 1.16 bits per heavy atom. The van der Waals surface area contributed by atoms with E-state index in [0.29, 0.717) is 12.5 Å². The summed E-state index contributed by atoms with van der Waals surface area (Å²) in [4.78, 5) is 31.5. The molecule has 0 aliphatic heterocycles. The van der Waals surface area contributed by atoms with E-state index >= 15 is 0 Å². The third kappa shape index (κ3) is 4.91. The molecule has 0 saturated heterocycles. The summed E-state index contributed by atoms with van der Waals surface area (Å²) in [5, 5.41) is 2.90. The minimum absolute atomic E-state index is 0.0156. The lowest BCUT2D eigenvalue weighted by Crippen LogP contribution is -2.39. The van der Waals surface area contributed by atoms with Crippen LogP contribution in [0.3, 0.4) is 0 Å². The third-order valence-electron chi connectivity index (χ3n) is 5.26. The molecule has 31 heavy (non-hydrogen) atoms. The summed E-state index contributed by atoms with van der Waals surface area (Å²) in [6.07, 6.45) is 5.35. The van der Waals surface area contributed by atoms with E-state index in [1.807, 2.05) is 72.3 Å². The topological polar surface area (TPSA) is 67.2 Å². The zero-order chi connectivity index (χ0) is 21.8. The molecule has 2 amide bonds. The molecular weight excluding hydrogens is 388 g/mol. The van der Waals surface area contributed by atoms with Crippen LogP contribution >= 0.6 is 0 Å². The molecule has 1 N–H and O–H groups in total. The number of rotatable bonds is 8. The predicted molar refractivity (Wildman–Crippen MR) is 122 cm³/mol. The first-order valence-corrected chi connectivity index (χ1v) is 10.5. The number of aryl methyl sites for hydroxylation is 1. The van der Waals surface area contributed by atoms with Gasteiger partial charge in [0, 0.05) is 29.9 Å². The number of hydrogen-bond acceptors (Lipinski definition) is 3. The summed E-state index contributed by atoms with van der Waals surface area (Å²) in [6.45, 7) is 6.06. The van der Waals surface area contributed by atoms with E-state index in [-0.39, 0.29) is 24.3 Å². The number of anilines is 1. The van der Waals surface area contributed by atoms with E-state index < -0.39 is 0 Å². The maximum absolute atomic E-state index is 12.8. The summed E-state index contributed by atoms with van der Waals surface area (Å²) in [6, 6.07) is 17.8. The van der Waals surface area contributed by atoms with Gasteiger partial charge in [-0.1, -0.05) is 54.1 Å². The van der Waals surface area contributed by atoms with Crippen molar-refractivity contribution in [2.45, 2.75) is 19.8 Å². The zero-order valence-electron chi connectivity index (χ0n) is 17.6. The number of amides is 2. The Morgan fingerprint density at radius 2 is 1.87 bits per heavy atom. The van der Waals surface area contributed by atoms with Gasteiger partial charge in [0.15, 0.2) is 0 Å². The number of aromatic nitrogens is 2. The quantitative estimate of drug-likeness (QED) is 0.562. The molecule has 1 aromatic heterocycles. The van der Waals surface area contributed by atoms with Crippen molar-refractivity contribution in [3.05, 3.63) is 79.0 Å². The first-order chi connectivity index (χ1) is 15.0. The van der Waals surface area contributed by atoms with E-state index in [1.54, 1.807) is 11.0 Å². The fourth-order valence-corrected chi connectivity index (χ4v) is 3.43. The molecule has 1 aliphatic rings. The Hall–Kier alpha value is -3.67. The molecule has 2 aromatic carbocycles. The van der Waals surface area contributed by atoms with Crippen molar-refractivity contribution in [2.24, 2.45) is 5.92 Å². The standard InChI is InChI=1S/C25H26N4O2/c1-3-15-28(24(31)20-11-12-20)17-23(30)27-25-26-22(19-7-5-4-6-8-19)16-29(25)21-13-9-18(2)10-14-21/h3-10,13-14,16,20H,1,11-12,15,17H2,2H3,(H,26,27,30). The SMILES string of the molecule is C=CCN(CC(=O)Nc1nc(-c2ccccc2)cn1-c1ccc(C)cc1)C(=O)C1CC1. The van der Waals surface area contributed by atoms with Gasteiger partial charge in [0.25, 0.3) is 0 Å². The monoisotopic (exact) mass is 414 g/mol. The normalized spacial score (nSPS) is 12.9. The van der Waals surface area contributed by atoms with Crippen LogP contribution in [0.5, 0.6) is 0 Å². The van der Waals surface area contributed by atoms with Crippen LogP contribution in [0.4, 0.5) is 5.95 Å². The maximum Gasteiger partial charge on any atom is 0.246 e. The largest absolute Gasteiger partial charge is 0.329 e. The Morgan fingerprint density at radius 3 is 2.52 bits per heavy atom. The Labute approximate surface area is 182 Å². The smallest absolute Gasteiger partial charge is 0.246 e. The lowest BCUT2D eigenvalue weighted by atomic mass is 10.2. The molecule has 1 fully saturated rings. The summed E-state index contributed by atoms with van der Waals surface area (Å²) < 4.78 is 1.86. The van der Waals surface area contributed by atoms with E-state index in [2.05, 4.69) is 16.9 Å². The van der Waals surface area contributed by atoms with Gasteiger partial charge in [-0.2, -0.15) is 0 Å². The molecule has 1 heterocycles. The predicted octanol–water partition coefficient (Wildman–Crippen LogP) is 4.21. The van der Waals surface area contributed by atoms with E-state index in [0.717, 1.165) is 35.3 Å². The number of carbonyl (C=O) groups is 2. The summed E-state index contributed by atoms with van der Waals surface area (Å²) >= 11 is 0. The van der Waals surface area contributed by atoms with Crippen LogP contribution in [0.25, 0.3) is 16.9 Å². The molecule has 6 nitrogen and oxygen atoms in total. The molecule has 6 heteroatoms. The van der Waals surface area contributed by atoms with Crippen LogP contribution in [0.15, 0.2) is 73.4 Å². The van der Waals surface area contributed by atoms with Crippen molar-refractivity contribution in [3.8, 4) is 16.9 Å². The molecule has 158 valence electrons. The van der Waals surface area contributed by atoms with Gasteiger partial charge in [-0.05, 0) is 31.9 Å². The molecule has 1 saturated carbocycles. The van der Waals surface area contributed by atoms with Crippen LogP contribution in [-0.4, -0.2) is 39.4 Å². The molecule has 0 spiro atoms. The molecular formula is C25H26N4O2. The van der Waals surface area contributed by atoms with Gasteiger partial charge >= 0.3 is 0 Å². The van der Waals surface area contributed by atoms with Gasteiger partial charge < -0.3 is 4.90 Å². The second-order valence-corrected chi connectivity index (χ2v) is 7.85. The van der Waals surface area contributed by atoms with Gasteiger partial charge in [-0.3, -0.25) is 19.5 Å². The van der Waals surface area contributed by atoms with Crippen LogP contribution < -0.4 is 5.32 Å². The number of imidazole rings is 1. The van der Waals surface area contributed by atoms with Crippen molar-refractivity contribution in [1.29, 1.82) is 0 Å². The summed E-state index contributed by atoms with van der Waals surface area (Å²) in [5.74, 6) is 0.202. The van der Waals surface area contributed by atoms with E-state index in [1.165, 1.54) is 0 Å². The summed E-state index contributed by atoms with van der Waals surface area (Å²) in [5.41, 5.74) is 3.76. The van der Waals surface area contributed by atoms with Crippen LogP contribution in [0, 0.1) is 12.8 Å². The molecule has 1 aliphatic carbocycles. The van der Waals surface area contributed by atoms with Gasteiger partial charge in [0.2, 0.25) is 17.8 Å². The van der Waals surface area contributed by atoms with Crippen molar-refractivity contribution >= 4 is 17.8 Å².